The number of ether oxygens (including phenoxy) is 1. The van der Waals surface area contributed by atoms with Crippen molar-refractivity contribution in [2.45, 2.75) is 13.5 Å². The van der Waals surface area contributed by atoms with E-state index in [-0.39, 0.29) is 5.02 Å². The van der Waals surface area contributed by atoms with Crippen molar-refractivity contribution in [2.24, 2.45) is 0 Å². The molecule has 19 heavy (non-hydrogen) atoms. The fraction of sp³-hybridized carbons (Fsp3) is 0.200. The quantitative estimate of drug-likeness (QED) is 0.871. The molecule has 0 radical (unpaired) electrons. The third-order valence-corrected chi connectivity index (χ3v) is 2.94. The summed E-state index contributed by atoms with van der Waals surface area (Å²) in [5.41, 5.74) is 1.42. The SMILES string of the molecule is CCOc1cccc(CNc2cccc(Cl)c2F)c1. The molecule has 0 saturated heterocycles. The molecule has 4 heteroatoms. The molecule has 0 saturated carbocycles. The van der Waals surface area contributed by atoms with Crippen molar-refractivity contribution in [3.05, 3.63) is 58.9 Å². The van der Waals surface area contributed by atoms with Crippen molar-refractivity contribution >= 4 is 17.3 Å². The number of hydrogen-bond acceptors (Lipinski definition) is 2. The number of anilines is 1. The molecule has 0 unspecified atom stereocenters. The molecule has 0 amide bonds. The van der Waals surface area contributed by atoms with Gasteiger partial charge >= 0.3 is 0 Å². The molecule has 100 valence electrons. The maximum Gasteiger partial charge on any atom is 0.164 e. The summed E-state index contributed by atoms with van der Waals surface area (Å²) in [6.07, 6.45) is 0. The summed E-state index contributed by atoms with van der Waals surface area (Å²) in [5.74, 6) is 0.387. The maximum atomic E-state index is 13.7. The van der Waals surface area contributed by atoms with E-state index >= 15 is 0 Å². The van der Waals surface area contributed by atoms with Gasteiger partial charge in [-0.3, -0.25) is 0 Å². The molecule has 2 aromatic carbocycles. The molecule has 1 N–H and O–H groups in total. The van der Waals surface area contributed by atoms with Crippen molar-refractivity contribution in [3.8, 4) is 5.75 Å². The highest BCUT2D eigenvalue weighted by atomic mass is 35.5. The van der Waals surface area contributed by atoms with Crippen LogP contribution >= 0.6 is 11.6 Å². The number of rotatable bonds is 5. The molecule has 0 atom stereocenters. The Morgan fingerprint density at radius 2 is 2.00 bits per heavy atom. The van der Waals surface area contributed by atoms with Crippen LogP contribution in [0.25, 0.3) is 0 Å². The van der Waals surface area contributed by atoms with Crippen LogP contribution in [0.4, 0.5) is 10.1 Å². The molecule has 0 bridgehead atoms. The van der Waals surface area contributed by atoms with Crippen LogP contribution in [0.3, 0.4) is 0 Å². The molecule has 2 rings (SSSR count). The number of halogens is 2. The zero-order valence-corrected chi connectivity index (χ0v) is 11.4. The summed E-state index contributed by atoms with van der Waals surface area (Å²) < 4.78 is 19.1. The average molecular weight is 280 g/mol. The highest BCUT2D eigenvalue weighted by Gasteiger charge is 2.05. The summed E-state index contributed by atoms with van der Waals surface area (Å²) in [6, 6.07) is 12.6. The zero-order chi connectivity index (χ0) is 13.7. The van der Waals surface area contributed by atoms with Gasteiger partial charge in [-0.25, -0.2) is 4.39 Å². The van der Waals surface area contributed by atoms with Crippen LogP contribution in [-0.4, -0.2) is 6.61 Å². The molecule has 2 nitrogen and oxygen atoms in total. The Bertz CT molecular complexity index is 560. The second-order valence-corrected chi connectivity index (χ2v) is 4.44. The molecule has 0 aromatic heterocycles. The Labute approximate surface area is 117 Å². The molecule has 0 fully saturated rings. The average Bonchev–Trinajstić information content (AvgIpc) is 2.41. The van der Waals surface area contributed by atoms with Crippen LogP contribution in [0.15, 0.2) is 42.5 Å². The Hall–Kier alpha value is -1.74. The van der Waals surface area contributed by atoms with Gasteiger partial charge in [-0.2, -0.15) is 0 Å². The van der Waals surface area contributed by atoms with Crippen LogP contribution in [-0.2, 0) is 6.54 Å². The molecular formula is C15H15ClFNO. The van der Waals surface area contributed by atoms with Crippen molar-refractivity contribution in [3.63, 3.8) is 0 Å². The lowest BCUT2D eigenvalue weighted by molar-refractivity contribution is 0.340. The smallest absolute Gasteiger partial charge is 0.164 e. The highest BCUT2D eigenvalue weighted by molar-refractivity contribution is 6.31. The molecule has 0 aliphatic heterocycles. The maximum absolute atomic E-state index is 13.7. The predicted molar refractivity (Wildman–Crippen MR) is 76.3 cm³/mol. The van der Waals surface area contributed by atoms with Gasteiger partial charge in [0.25, 0.3) is 0 Å². The third-order valence-electron chi connectivity index (χ3n) is 2.64. The minimum atomic E-state index is -0.426. The lowest BCUT2D eigenvalue weighted by atomic mass is 10.2. The lowest BCUT2D eigenvalue weighted by Gasteiger charge is -2.10. The first kappa shape index (κ1) is 13.7. The second kappa shape index (κ2) is 6.43. The van der Waals surface area contributed by atoms with E-state index in [1.165, 1.54) is 6.07 Å². The molecule has 0 spiro atoms. The second-order valence-electron chi connectivity index (χ2n) is 4.04. The van der Waals surface area contributed by atoms with Crippen LogP contribution in [0.2, 0.25) is 5.02 Å². The lowest BCUT2D eigenvalue weighted by Crippen LogP contribution is -2.02. The molecule has 0 aliphatic rings. The highest BCUT2D eigenvalue weighted by Crippen LogP contribution is 2.23. The van der Waals surface area contributed by atoms with Crippen molar-refractivity contribution in [1.29, 1.82) is 0 Å². The van der Waals surface area contributed by atoms with E-state index < -0.39 is 5.82 Å². The van der Waals surface area contributed by atoms with Gasteiger partial charge in [0.15, 0.2) is 5.82 Å². The number of hydrogen-bond donors (Lipinski definition) is 1. The summed E-state index contributed by atoms with van der Waals surface area (Å²) in [6.45, 7) is 3.07. The summed E-state index contributed by atoms with van der Waals surface area (Å²) in [7, 11) is 0. The topological polar surface area (TPSA) is 21.3 Å². The fourth-order valence-electron chi connectivity index (χ4n) is 1.75. The number of benzene rings is 2. The molecule has 2 aromatic rings. The first-order chi connectivity index (χ1) is 9.20. The predicted octanol–water partition coefficient (Wildman–Crippen LogP) is 4.49. The largest absolute Gasteiger partial charge is 0.494 e. The zero-order valence-electron chi connectivity index (χ0n) is 10.6. The van der Waals surface area contributed by atoms with Gasteiger partial charge in [0.1, 0.15) is 5.75 Å². The normalized spacial score (nSPS) is 10.3. The van der Waals surface area contributed by atoms with E-state index in [4.69, 9.17) is 16.3 Å². The van der Waals surface area contributed by atoms with Gasteiger partial charge in [-0.1, -0.05) is 29.8 Å². The van der Waals surface area contributed by atoms with Crippen molar-refractivity contribution < 1.29 is 9.13 Å². The molecule has 0 heterocycles. The molecular weight excluding hydrogens is 265 g/mol. The summed E-state index contributed by atoms with van der Waals surface area (Å²) in [5, 5.41) is 3.14. The Morgan fingerprint density at radius 1 is 1.21 bits per heavy atom. The van der Waals surface area contributed by atoms with E-state index in [1.807, 2.05) is 31.2 Å². The van der Waals surface area contributed by atoms with Crippen LogP contribution in [0.1, 0.15) is 12.5 Å². The Kier molecular flexibility index (Phi) is 4.63. The van der Waals surface area contributed by atoms with Crippen molar-refractivity contribution in [2.75, 3.05) is 11.9 Å². The van der Waals surface area contributed by atoms with Crippen LogP contribution in [0.5, 0.6) is 5.75 Å². The van der Waals surface area contributed by atoms with Gasteiger partial charge in [0, 0.05) is 6.54 Å². The van der Waals surface area contributed by atoms with Gasteiger partial charge in [0.2, 0.25) is 0 Å². The van der Waals surface area contributed by atoms with Crippen LogP contribution in [0, 0.1) is 5.82 Å². The minimum absolute atomic E-state index is 0.119. The number of nitrogens with one attached hydrogen (secondary N) is 1. The summed E-state index contributed by atoms with van der Waals surface area (Å²) >= 11 is 5.73. The van der Waals surface area contributed by atoms with E-state index in [1.54, 1.807) is 12.1 Å². The van der Waals surface area contributed by atoms with E-state index in [2.05, 4.69) is 5.32 Å². The summed E-state index contributed by atoms with van der Waals surface area (Å²) in [4.78, 5) is 0. The Morgan fingerprint density at radius 3 is 2.79 bits per heavy atom. The van der Waals surface area contributed by atoms with E-state index in [9.17, 15) is 4.39 Å². The minimum Gasteiger partial charge on any atom is -0.494 e. The van der Waals surface area contributed by atoms with Gasteiger partial charge in [-0.05, 0) is 36.8 Å². The van der Waals surface area contributed by atoms with Crippen molar-refractivity contribution in [1.82, 2.24) is 0 Å². The first-order valence-electron chi connectivity index (χ1n) is 6.10. The van der Waals surface area contributed by atoms with Gasteiger partial charge in [-0.15, -0.1) is 0 Å². The standard InChI is InChI=1S/C15H15ClFNO/c1-2-19-12-6-3-5-11(9-12)10-18-14-8-4-7-13(16)15(14)17/h3-9,18H,2,10H2,1H3. The van der Waals surface area contributed by atoms with Crippen LogP contribution < -0.4 is 10.1 Å². The van der Waals surface area contributed by atoms with Gasteiger partial charge < -0.3 is 10.1 Å². The fourth-order valence-corrected chi connectivity index (χ4v) is 1.92. The van der Waals surface area contributed by atoms with E-state index in [0.29, 0.717) is 18.8 Å². The molecule has 0 aliphatic carbocycles. The Balaban J connectivity index is 2.06. The van der Waals surface area contributed by atoms with Gasteiger partial charge in [0.05, 0.1) is 17.3 Å². The monoisotopic (exact) mass is 279 g/mol. The first-order valence-corrected chi connectivity index (χ1v) is 6.48. The van der Waals surface area contributed by atoms with E-state index in [0.717, 1.165) is 11.3 Å². The third kappa shape index (κ3) is 3.61.